The van der Waals surface area contributed by atoms with Crippen LogP contribution in [-0.2, 0) is 11.2 Å². The van der Waals surface area contributed by atoms with Crippen LogP contribution in [-0.4, -0.2) is 34.5 Å². The Morgan fingerprint density at radius 1 is 1.39 bits per heavy atom. The lowest BCUT2D eigenvalue weighted by Gasteiger charge is -2.22. The van der Waals surface area contributed by atoms with Crippen molar-refractivity contribution in [3.8, 4) is 11.5 Å². The Labute approximate surface area is 116 Å². The number of rotatable bonds is 3. The molecule has 1 aliphatic rings. The highest BCUT2D eigenvalue weighted by Crippen LogP contribution is 2.42. The van der Waals surface area contributed by atoms with Crippen LogP contribution in [0.2, 0.25) is 0 Å². The van der Waals surface area contributed by atoms with Gasteiger partial charge < -0.3 is 19.5 Å². The number of benzene rings is 1. The van der Waals surface area contributed by atoms with Crippen LogP contribution >= 0.6 is 15.9 Å². The lowest BCUT2D eigenvalue weighted by Crippen LogP contribution is -2.22. The molecule has 1 N–H and O–H groups in total. The quantitative estimate of drug-likeness (QED) is 0.929. The van der Waals surface area contributed by atoms with Crippen LogP contribution < -0.4 is 14.8 Å². The van der Waals surface area contributed by atoms with Crippen molar-refractivity contribution in [1.29, 1.82) is 0 Å². The average Bonchev–Trinajstić information content (AvgIpc) is 2.61. The SMILES string of the molecule is CNC1COCCc2c(Br)cc(OC)c(OC)c21. The molecule has 1 heterocycles. The fourth-order valence-corrected chi connectivity index (χ4v) is 2.96. The normalized spacial score (nSPS) is 19.0. The smallest absolute Gasteiger partial charge is 0.165 e. The maximum atomic E-state index is 5.63. The van der Waals surface area contributed by atoms with E-state index in [1.54, 1.807) is 14.2 Å². The van der Waals surface area contributed by atoms with Gasteiger partial charge in [-0.3, -0.25) is 0 Å². The minimum Gasteiger partial charge on any atom is -0.493 e. The zero-order valence-corrected chi connectivity index (χ0v) is 12.5. The Morgan fingerprint density at radius 3 is 2.78 bits per heavy atom. The summed E-state index contributed by atoms with van der Waals surface area (Å²) < 4.78 is 17.6. The van der Waals surface area contributed by atoms with Crippen LogP contribution in [0.25, 0.3) is 0 Å². The molecule has 18 heavy (non-hydrogen) atoms. The Bertz CT molecular complexity index is 437. The first-order valence-electron chi connectivity index (χ1n) is 5.91. The molecule has 1 unspecified atom stereocenters. The molecule has 0 aromatic heterocycles. The monoisotopic (exact) mass is 315 g/mol. The standard InChI is InChI=1S/C13H18BrNO3/c1-15-10-7-18-5-4-8-9(14)6-11(16-2)13(17-3)12(8)10/h6,10,15H,4-5,7H2,1-3H3. The summed E-state index contributed by atoms with van der Waals surface area (Å²) in [5.74, 6) is 1.53. The zero-order chi connectivity index (χ0) is 13.1. The van der Waals surface area contributed by atoms with E-state index in [-0.39, 0.29) is 6.04 Å². The van der Waals surface area contributed by atoms with Gasteiger partial charge in [0.15, 0.2) is 11.5 Å². The predicted molar refractivity (Wildman–Crippen MR) is 73.6 cm³/mol. The fourth-order valence-electron chi connectivity index (χ4n) is 2.34. The van der Waals surface area contributed by atoms with E-state index >= 15 is 0 Å². The van der Waals surface area contributed by atoms with Crippen molar-refractivity contribution in [2.75, 3.05) is 34.5 Å². The molecule has 0 radical (unpaired) electrons. The summed E-state index contributed by atoms with van der Waals surface area (Å²) in [7, 11) is 5.25. The fraction of sp³-hybridized carbons (Fsp3) is 0.538. The summed E-state index contributed by atoms with van der Waals surface area (Å²) in [5.41, 5.74) is 2.35. The number of hydrogen-bond donors (Lipinski definition) is 1. The van der Waals surface area contributed by atoms with Gasteiger partial charge in [0.05, 0.1) is 33.5 Å². The molecule has 1 aliphatic heterocycles. The molecule has 1 aromatic rings. The number of hydrogen-bond acceptors (Lipinski definition) is 4. The first-order chi connectivity index (χ1) is 8.72. The molecule has 2 rings (SSSR count). The molecule has 1 aromatic carbocycles. The van der Waals surface area contributed by atoms with Crippen molar-refractivity contribution in [1.82, 2.24) is 5.32 Å². The van der Waals surface area contributed by atoms with E-state index < -0.39 is 0 Å². The topological polar surface area (TPSA) is 39.7 Å². The van der Waals surface area contributed by atoms with Crippen LogP contribution in [0, 0.1) is 0 Å². The van der Waals surface area contributed by atoms with E-state index in [2.05, 4.69) is 21.2 Å². The lowest BCUT2D eigenvalue weighted by atomic mass is 9.97. The minimum absolute atomic E-state index is 0.115. The molecule has 0 bridgehead atoms. The Hall–Kier alpha value is -0.780. The van der Waals surface area contributed by atoms with Gasteiger partial charge in [0.25, 0.3) is 0 Å². The lowest BCUT2D eigenvalue weighted by molar-refractivity contribution is 0.123. The Morgan fingerprint density at radius 2 is 2.17 bits per heavy atom. The van der Waals surface area contributed by atoms with Crippen molar-refractivity contribution in [3.63, 3.8) is 0 Å². The number of halogens is 1. The first-order valence-corrected chi connectivity index (χ1v) is 6.70. The van der Waals surface area contributed by atoms with Gasteiger partial charge in [0.1, 0.15) is 0 Å². The first kappa shape index (κ1) is 13.6. The third-order valence-corrected chi connectivity index (χ3v) is 3.95. The molecule has 0 saturated carbocycles. The minimum atomic E-state index is 0.115. The van der Waals surface area contributed by atoms with Gasteiger partial charge in [0.2, 0.25) is 0 Å². The van der Waals surface area contributed by atoms with Gasteiger partial charge in [-0.15, -0.1) is 0 Å². The van der Waals surface area contributed by atoms with E-state index in [4.69, 9.17) is 14.2 Å². The third-order valence-electron chi connectivity index (χ3n) is 3.24. The summed E-state index contributed by atoms with van der Waals surface area (Å²) in [6, 6.07) is 2.07. The highest BCUT2D eigenvalue weighted by molar-refractivity contribution is 9.10. The summed E-state index contributed by atoms with van der Waals surface area (Å²) in [4.78, 5) is 0. The van der Waals surface area contributed by atoms with Crippen LogP contribution in [0.1, 0.15) is 17.2 Å². The van der Waals surface area contributed by atoms with E-state index in [0.29, 0.717) is 6.61 Å². The molecular weight excluding hydrogens is 298 g/mol. The second-order valence-corrected chi connectivity index (χ2v) is 5.01. The number of fused-ring (bicyclic) bond motifs is 1. The molecule has 0 saturated heterocycles. The molecule has 100 valence electrons. The van der Waals surface area contributed by atoms with Crippen LogP contribution in [0.5, 0.6) is 11.5 Å². The zero-order valence-electron chi connectivity index (χ0n) is 10.9. The van der Waals surface area contributed by atoms with Gasteiger partial charge in [0, 0.05) is 10.0 Å². The number of nitrogens with one attached hydrogen (secondary N) is 1. The Balaban J connectivity index is 2.64. The largest absolute Gasteiger partial charge is 0.493 e. The molecule has 0 amide bonds. The molecule has 4 nitrogen and oxygen atoms in total. The van der Waals surface area contributed by atoms with Gasteiger partial charge in [-0.05, 0) is 25.1 Å². The van der Waals surface area contributed by atoms with Gasteiger partial charge in [-0.2, -0.15) is 0 Å². The second kappa shape index (κ2) is 5.91. The van der Waals surface area contributed by atoms with Crippen LogP contribution in [0.15, 0.2) is 10.5 Å². The van der Waals surface area contributed by atoms with Crippen molar-refractivity contribution >= 4 is 15.9 Å². The van der Waals surface area contributed by atoms with E-state index in [1.165, 1.54) is 5.56 Å². The van der Waals surface area contributed by atoms with Crippen molar-refractivity contribution in [2.24, 2.45) is 0 Å². The summed E-state index contributed by atoms with van der Waals surface area (Å²) in [6.07, 6.45) is 0.869. The highest BCUT2D eigenvalue weighted by atomic mass is 79.9. The van der Waals surface area contributed by atoms with Gasteiger partial charge in [-0.25, -0.2) is 0 Å². The summed E-state index contributed by atoms with van der Waals surface area (Å²) >= 11 is 3.61. The molecule has 0 spiro atoms. The summed E-state index contributed by atoms with van der Waals surface area (Å²) in [5, 5.41) is 3.27. The number of ether oxygens (including phenoxy) is 3. The van der Waals surface area contributed by atoms with Gasteiger partial charge >= 0.3 is 0 Å². The molecular formula is C13H18BrNO3. The summed E-state index contributed by atoms with van der Waals surface area (Å²) in [6.45, 7) is 1.36. The third kappa shape index (κ3) is 2.35. The van der Waals surface area contributed by atoms with E-state index in [1.807, 2.05) is 13.1 Å². The second-order valence-electron chi connectivity index (χ2n) is 4.15. The van der Waals surface area contributed by atoms with E-state index in [0.717, 1.165) is 34.6 Å². The molecule has 1 atom stereocenters. The van der Waals surface area contributed by atoms with Crippen molar-refractivity contribution < 1.29 is 14.2 Å². The van der Waals surface area contributed by atoms with Crippen molar-refractivity contribution in [3.05, 3.63) is 21.7 Å². The molecule has 0 fully saturated rings. The maximum absolute atomic E-state index is 5.63. The van der Waals surface area contributed by atoms with Crippen molar-refractivity contribution in [2.45, 2.75) is 12.5 Å². The maximum Gasteiger partial charge on any atom is 0.165 e. The molecule has 0 aliphatic carbocycles. The molecule has 5 heteroatoms. The Kier molecular flexibility index (Phi) is 4.48. The van der Waals surface area contributed by atoms with E-state index in [9.17, 15) is 0 Å². The predicted octanol–water partition coefficient (Wildman–Crippen LogP) is 2.30. The number of likely N-dealkylation sites (N-methyl/N-ethyl adjacent to an activating group) is 1. The number of methoxy groups -OCH3 is 2. The van der Waals surface area contributed by atoms with Gasteiger partial charge in [-0.1, -0.05) is 15.9 Å². The average molecular weight is 316 g/mol. The van der Waals surface area contributed by atoms with Crippen LogP contribution in [0.4, 0.5) is 0 Å². The highest BCUT2D eigenvalue weighted by Gasteiger charge is 2.26. The van der Waals surface area contributed by atoms with Crippen LogP contribution in [0.3, 0.4) is 0 Å².